The number of halogens is 2. The van der Waals surface area contributed by atoms with E-state index in [0.29, 0.717) is 16.8 Å². The molecule has 0 heterocycles. The number of nitrogens with two attached hydrogens (primary N) is 1. The summed E-state index contributed by atoms with van der Waals surface area (Å²) in [6.45, 7) is -0.166. The second kappa shape index (κ2) is 5.58. The van der Waals surface area contributed by atoms with Crippen LogP contribution in [0.3, 0.4) is 0 Å². The van der Waals surface area contributed by atoms with Crippen LogP contribution in [-0.2, 0) is 4.79 Å². The molecule has 0 radical (unpaired) electrons. The second-order valence-electron chi connectivity index (χ2n) is 3.95. The summed E-state index contributed by atoms with van der Waals surface area (Å²) in [6.07, 6.45) is 0. The monoisotopic (exact) mass is 262 g/mol. The Labute approximate surface area is 109 Å². The minimum absolute atomic E-state index is 0.166. The van der Waals surface area contributed by atoms with Crippen LogP contribution in [0.25, 0.3) is 11.1 Å². The van der Waals surface area contributed by atoms with Crippen LogP contribution in [-0.4, -0.2) is 12.5 Å². The SMILES string of the molecule is NCC(=O)Nc1ccc(F)cc1-c1ccc(F)cc1. The van der Waals surface area contributed by atoms with Gasteiger partial charge in [-0.05, 0) is 35.9 Å². The van der Waals surface area contributed by atoms with Crippen LogP contribution in [0, 0.1) is 11.6 Å². The molecular weight excluding hydrogens is 250 g/mol. The number of benzene rings is 2. The van der Waals surface area contributed by atoms with Crippen LogP contribution >= 0.6 is 0 Å². The Morgan fingerprint density at radius 2 is 1.68 bits per heavy atom. The molecule has 0 fully saturated rings. The average Bonchev–Trinajstić information content (AvgIpc) is 2.41. The molecule has 0 aliphatic heterocycles. The maximum atomic E-state index is 13.3. The smallest absolute Gasteiger partial charge is 0.238 e. The molecule has 2 rings (SSSR count). The van der Waals surface area contributed by atoms with Gasteiger partial charge >= 0.3 is 0 Å². The zero-order valence-corrected chi connectivity index (χ0v) is 9.99. The lowest BCUT2D eigenvalue weighted by molar-refractivity contribution is -0.114. The third kappa shape index (κ3) is 3.14. The van der Waals surface area contributed by atoms with Gasteiger partial charge in [0.25, 0.3) is 0 Å². The fraction of sp³-hybridized carbons (Fsp3) is 0.0714. The van der Waals surface area contributed by atoms with Crippen molar-refractivity contribution >= 4 is 11.6 Å². The largest absolute Gasteiger partial charge is 0.324 e. The van der Waals surface area contributed by atoms with E-state index in [9.17, 15) is 13.6 Å². The third-order valence-corrected chi connectivity index (χ3v) is 2.60. The second-order valence-corrected chi connectivity index (χ2v) is 3.95. The fourth-order valence-electron chi connectivity index (χ4n) is 1.69. The first-order valence-electron chi connectivity index (χ1n) is 5.65. The molecule has 3 nitrogen and oxygen atoms in total. The van der Waals surface area contributed by atoms with Crippen LogP contribution < -0.4 is 11.1 Å². The van der Waals surface area contributed by atoms with Gasteiger partial charge in [0.05, 0.1) is 6.54 Å². The molecule has 0 bridgehead atoms. The summed E-state index contributed by atoms with van der Waals surface area (Å²) in [5.41, 5.74) is 6.74. The minimum atomic E-state index is -0.440. The van der Waals surface area contributed by atoms with E-state index in [1.807, 2.05) is 0 Å². The van der Waals surface area contributed by atoms with E-state index in [1.165, 1.54) is 42.5 Å². The lowest BCUT2D eigenvalue weighted by Gasteiger charge is -2.11. The Kier molecular flexibility index (Phi) is 3.87. The van der Waals surface area contributed by atoms with Gasteiger partial charge in [-0.25, -0.2) is 8.78 Å². The first kappa shape index (κ1) is 13.2. The zero-order chi connectivity index (χ0) is 13.8. The lowest BCUT2D eigenvalue weighted by Crippen LogP contribution is -2.22. The van der Waals surface area contributed by atoms with Gasteiger partial charge in [-0.3, -0.25) is 4.79 Å². The molecule has 2 aromatic carbocycles. The van der Waals surface area contributed by atoms with Crippen LogP contribution in [0.1, 0.15) is 0 Å². The molecule has 5 heteroatoms. The van der Waals surface area contributed by atoms with E-state index in [2.05, 4.69) is 5.32 Å². The maximum absolute atomic E-state index is 13.3. The van der Waals surface area contributed by atoms with E-state index in [-0.39, 0.29) is 18.3 Å². The molecule has 0 aromatic heterocycles. The number of anilines is 1. The summed E-state index contributed by atoms with van der Waals surface area (Å²) >= 11 is 0. The van der Waals surface area contributed by atoms with Crippen LogP contribution in [0.4, 0.5) is 14.5 Å². The number of hydrogen-bond donors (Lipinski definition) is 2. The molecular formula is C14H12F2N2O. The number of carbonyl (C=O) groups excluding carboxylic acids is 1. The molecule has 0 unspecified atom stereocenters. The number of nitrogens with one attached hydrogen (secondary N) is 1. The molecule has 0 aliphatic rings. The van der Waals surface area contributed by atoms with Gasteiger partial charge in [0.2, 0.25) is 5.91 Å². The van der Waals surface area contributed by atoms with Gasteiger partial charge in [-0.1, -0.05) is 12.1 Å². The van der Waals surface area contributed by atoms with Gasteiger partial charge < -0.3 is 11.1 Å². The highest BCUT2D eigenvalue weighted by Gasteiger charge is 2.09. The number of amides is 1. The normalized spacial score (nSPS) is 10.3. The van der Waals surface area contributed by atoms with Gasteiger partial charge in [-0.2, -0.15) is 0 Å². The van der Waals surface area contributed by atoms with Gasteiger partial charge in [0, 0.05) is 11.3 Å². The molecule has 1 amide bonds. The summed E-state index contributed by atoms with van der Waals surface area (Å²) < 4.78 is 26.2. The van der Waals surface area contributed by atoms with Crippen LogP contribution in [0.5, 0.6) is 0 Å². The van der Waals surface area contributed by atoms with E-state index in [0.717, 1.165) is 0 Å². The van der Waals surface area contributed by atoms with Gasteiger partial charge in [0.1, 0.15) is 11.6 Å². The highest BCUT2D eigenvalue weighted by molar-refractivity contribution is 5.96. The van der Waals surface area contributed by atoms with E-state index >= 15 is 0 Å². The van der Waals surface area contributed by atoms with Crippen LogP contribution in [0.15, 0.2) is 42.5 Å². The lowest BCUT2D eigenvalue weighted by atomic mass is 10.0. The van der Waals surface area contributed by atoms with Crippen molar-refractivity contribution in [2.75, 3.05) is 11.9 Å². The Hall–Kier alpha value is -2.27. The van der Waals surface area contributed by atoms with Gasteiger partial charge in [0.15, 0.2) is 0 Å². The van der Waals surface area contributed by atoms with Crippen molar-refractivity contribution in [2.45, 2.75) is 0 Å². The Morgan fingerprint density at radius 3 is 2.32 bits per heavy atom. The number of rotatable bonds is 3. The van der Waals surface area contributed by atoms with E-state index in [1.54, 1.807) is 0 Å². The molecule has 2 aromatic rings. The maximum Gasteiger partial charge on any atom is 0.238 e. The predicted octanol–water partition coefficient (Wildman–Crippen LogP) is 2.53. The fourth-order valence-corrected chi connectivity index (χ4v) is 1.69. The quantitative estimate of drug-likeness (QED) is 0.893. The highest BCUT2D eigenvalue weighted by atomic mass is 19.1. The van der Waals surface area contributed by atoms with Crippen LogP contribution in [0.2, 0.25) is 0 Å². The zero-order valence-electron chi connectivity index (χ0n) is 9.99. The number of carbonyl (C=O) groups is 1. The van der Waals surface area contributed by atoms with Crippen molar-refractivity contribution in [1.29, 1.82) is 0 Å². The van der Waals surface area contributed by atoms with Crippen molar-refractivity contribution in [3.05, 3.63) is 54.1 Å². The van der Waals surface area contributed by atoms with Crippen molar-refractivity contribution in [3.63, 3.8) is 0 Å². The Morgan fingerprint density at radius 1 is 1.05 bits per heavy atom. The minimum Gasteiger partial charge on any atom is -0.324 e. The topological polar surface area (TPSA) is 55.1 Å². The average molecular weight is 262 g/mol. The standard InChI is InChI=1S/C14H12F2N2O/c15-10-3-1-9(2-4-10)12-7-11(16)5-6-13(12)18-14(19)8-17/h1-7H,8,17H2,(H,18,19). The third-order valence-electron chi connectivity index (χ3n) is 2.60. The van der Waals surface area contributed by atoms with Crippen molar-refractivity contribution in [3.8, 4) is 11.1 Å². The van der Waals surface area contributed by atoms with E-state index < -0.39 is 5.82 Å². The molecule has 0 saturated heterocycles. The van der Waals surface area contributed by atoms with Crippen molar-refractivity contribution in [1.82, 2.24) is 0 Å². The molecule has 3 N–H and O–H groups in total. The van der Waals surface area contributed by atoms with Gasteiger partial charge in [-0.15, -0.1) is 0 Å². The summed E-state index contributed by atoms with van der Waals surface area (Å²) in [7, 11) is 0. The molecule has 0 atom stereocenters. The number of hydrogen-bond acceptors (Lipinski definition) is 2. The molecule has 0 saturated carbocycles. The molecule has 98 valence electrons. The summed E-state index contributed by atoms with van der Waals surface area (Å²) in [6, 6.07) is 9.54. The Balaban J connectivity index is 2.45. The first-order valence-corrected chi connectivity index (χ1v) is 5.65. The Bertz CT molecular complexity index is 597. The summed E-state index contributed by atoms with van der Waals surface area (Å²) in [5, 5.41) is 2.58. The summed E-state index contributed by atoms with van der Waals surface area (Å²) in [4.78, 5) is 11.3. The molecule has 0 aliphatic carbocycles. The first-order chi connectivity index (χ1) is 9.10. The highest BCUT2D eigenvalue weighted by Crippen LogP contribution is 2.29. The summed E-state index contributed by atoms with van der Waals surface area (Å²) in [5.74, 6) is -1.20. The predicted molar refractivity (Wildman–Crippen MR) is 69.5 cm³/mol. The molecule has 0 spiro atoms. The van der Waals surface area contributed by atoms with E-state index in [4.69, 9.17) is 5.73 Å². The molecule has 19 heavy (non-hydrogen) atoms. The van der Waals surface area contributed by atoms with Crippen molar-refractivity contribution < 1.29 is 13.6 Å². The van der Waals surface area contributed by atoms with Crippen molar-refractivity contribution in [2.24, 2.45) is 5.73 Å².